The maximum Gasteiger partial charge on any atom is 0.255 e. The van der Waals surface area contributed by atoms with Crippen LogP contribution >= 0.6 is 0 Å². The van der Waals surface area contributed by atoms with E-state index in [4.69, 9.17) is 9.47 Å². The van der Waals surface area contributed by atoms with Crippen molar-refractivity contribution in [2.75, 3.05) is 24.4 Å². The molecule has 0 aliphatic carbocycles. The van der Waals surface area contributed by atoms with Gasteiger partial charge in [-0.1, -0.05) is 38.1 Å². The Morgan fingerprint density at radius 3 is 2.70 bits per heavy atom. The number of amides is 1. The molecule has 0 saturated heterocycles. The van der Waals surface area contributed by atoms with Crippen LogP contribution in [0.25, 0.3) is 0 Å². The Kier molecular flexibility index (Phi) is 6.63. The quantitative estimate of drug-likeness (QED) is 0.523. The van der Waals surface area contributed by atoms with Gasteiger partial charge in [0.1, 0.15) is 12.4 Å². The highest BCUT2D eigenvalue weighted by Crippen LogP contribution is 2.38. The number of rotatable bonds is 8. The molecule has 8 nitrogen and oxygen atoms in total. The number of allylic oxidation sites excluding steroid dienone is 1. The Hall–Kier alpha value is -3.81. The van der Waals surface area contributed by atoms with Gasteiger partial charge in [-0.3, -0.25) is 4.79 Å². The number of fused-ring (bicyclic) bond motifs is 1. The molecule has 2 N–H and O–H groups in total. The van der Waals surface area contributed by atoms with Gasteiger partial charge in [0.25, 0.3) is 5.91 Å². The molecule has 1 unspecified atom stereocenters. The van der Waals surface area contributed by atoms with Gasteiger partial charge in [-0.15, -0.1) is 0 Å². The van der Waals surface area contributed by atoms with Gasteiger partial charge < -0.3 is 20.1 Å². The lowest BCUT2D eigenvalue weighted by Gasteiger charge is -2.29. The van der Waals surface area contributed by atoms with Gasteiger partial charge in [0.15, 0.2) is 11.5 Å². The molecule has 0 bridgehead atoms. The van der Waals surface area contributed by atoms with Crippen molar-refractivity contribution in [2.24, 2.45) is 5.92 Å². The fraction of sp³-hybridized carbons (Fsp3) is 0.320. The van der Waals surface area contributed by atoms with Gasteiger partial charge in [0, 0.05) is 11.4 Å². The molecule has 2 aromatic carbocycles. The number of ether oxygens (including phenoxy) is 2. The molecule has 33 heavy (non-hydrogen) atoms. The molecule has 0 spiro atoms. The minimum absolute atomic E-state index is 0.214. The molecule has 3 aromatic rings. The second-order valence-electron chi connectivity index (χ2n) is 8.36. The highest BCUT2D eigenvalue weighted by Gasteiger charge is 2.34. The largest absolute Gasteiger partial charge is 0.493 e. The Morgan fingerprint density at radius 2 is 1.97 bits per heavy atom. The zero-order valence-corrected chi connectivity index (χ0v) is 19.3. The standard InChI is InChI=1S/C25H29N5O3/c1-16(2)12-13-33-20-11-10-18(14-21(20)32-4)23-22(17(3)28-25-26-15-27-30(23)25)24(31)29-19-8-6-5-7-9-19/h5-11,14-16,23H,12-13H2,1-4H3,(H,29,31)(H,26,27,28). The maximum absolute atomic E-state index is 13.4. The highest BCUT2D eigenvalue weighted by molar-refractivity contribution is 6.06. The van der Waals surface area contributed by atoms with Crippen LogP contribution in [0.4, 0.5) is 11.6 Å². The van der Waals surface area contributed by atoms with Gasteiger partial charge in [-0.2, -0.15) is 10.1 Å². The molecule has 1 aromatic heterocycles. The van der Waals surface area contributed by atoms with Gasteiger partial charge in [-0.05, 0) is 49.1 Å². The van der Waals surface area contributed by atoms with E-state index >= 15 is 0 Å². The summed E-state index contributed by atoms with van der Waals surface area (Å²) >= 11 is 0. The molecule has 0 saturated carbocycles. The number of methoxy groups -OCH3 is 1. The Labute approximate surface area is 193 Å². The van der Waals surface area contributed by atoms with Crippen molar-refractivity contribution < 1.29 is 14.3 Å². The van der Waals surface area contributed by atoms with E-state index in [1.54, 1.807) is 11.8 Å². The second-order valence-corrected chi connectivity index (χ2v) is 8.36. The maximum atomic E-state index is 13.4. The molecule has 0 radical (unpaired) electrons. The van der Waals surface area contributed by atoms with Gasteiger partial charge in [0.05, 0.1) is 19.3 Å². The Balaban J connectivity index is 1.69. The summed E-state index contributed by atoms with van der Waals surface area (Å²) in [4.78, 5) is 17.7. The highest BCUT2D eigenvalue weighted by atomic mass is 16.5. The van der Waals surface area contributed by atoms with E-state index in [1.807, 2.05) is 55.5 Å². The van der Waals surface area contributed by atoms with Crippen LogP contribution in [0.2, 0.25) is 0 Å². The number of aromatic nitrogens is 3. The summed E-state index contributed by atoms with van der Waals surface area (Å²) in [7, 11) is 1.61. The Morgan fingerprint density at radius 1 is 1.18 bits per heavy atom. The average molecular weight is 448 g/mol. The van der Waals surface area contributed by atoms with E-state index < -0.39 is 6.04 Å². The smallest absolute Gasteiger partial charge is 0.255 e. The molecule has 0 fully saturated rings. The van der Waals surface area contributed by atoms with Crippen molar-refractivity contribution >= 4 is 17.5 Å². The number of carbonyl (C=O) groups is 1. The summed E-state index contributed by atoms with van der Waals surface area (Å²) in [6, 6.07) is 14.6. The first-order valence-corrected chi connectivity index (χ1v) is 11.0. The van der Waals surface area contributed by atoms with Crippen molar-refractivity contribution in [3.8, 4) is 11.5 Å². The lowest BCUT2D eigenvalue weighted by atomic mass is 9.94. The minimum atomic E-state index is -0.480. The Bertz CT molecular complexity index is 1150. The summed E-state index contributed by atoms with van der Waals surface area (Å²) in [5.74, 6) is 2.19. The minimum Gasteiger partial charge on any atom is -0.493 e. The summed E-state index contributed by atoms with van der Waals surface area (Å²) < 4.78 is 13.3. The van der Waals surface area contributed by atoms with Crippen molar-refractivity contribution in [1.29, 1.82) is 0 Å². The zero-order valence-electron chi connectivity index (χ0n) is 19.3. The summed E-state index contributed by atoms with van der Waals surface area (Å²) in [5.41, 5.74) is 2.82. The first-order valence-electron chi connectivity index (χ1n) is 11.0. The van der Waals surface area contributed by atoms with Crippen LogP contribution in [0, 0.1) is 5.92 Å². The third-order valence-corrected chi connectivity index (χ3v) is 5.53. The van der Waals surface area contributed by atoms with E-state index in [9.17, 15) is 4.79 Å². The van der Waals surface area contributed by atoms with Crippen LogP contribution in [0.1, 0.15) is 38.8 Å². The molecular weight excluding hydrogens is 418 g/mol. The fourth-order valence-corrected chi connectivity index (χ4v) is 3.79. The third kappa shape index (κ3) is 4.84. The van der Waals surface area contributed by atoms with Crippen molar-refractivity contribution in [2.45, 2.75) is 33.2 Å². The first-order chi connectivity index (χ1) is 16.0. The molecule has 1 aliphatic heterocycles. The number of para-hydroxylation sites is 1. The summed E-state index contributed by atoms with van der Waals surface area (Å²) in [5, 5.41) is 10.6. The van der Waals surface area contributed by atoms with Crippen molar-refractivity contribution in [3.05, 3.63) is 71.7 Å². The number of nitrogens with zero attached hydrogens (tertiary/aromatic N) is 3. The monoisotopic (exact) mass is 447 g/mol. The van der Waals surface area contributed by atoms with Crippen LogP contribution in [0.15, 0.2) is 66.1 Å². The van der Waals surface area contributed by atoms with E-state index in [1.165, 1.54) is 6.33 Å². The molecular formula is C25H29N5O3. The van der Waals surface area contributed by atoms with Crippen molar-refractivity contribution in [1.82, 2.24) is 14.8 Å². The summed E-state index contributed by atoms with van der Waals surface area (Å²) in [6.45, 7) is 6.80. The SMILES string of the molecule is COc1cc(C2C(C(=O)Nc3ccccc3)=C(C)Nc3ncnn32)ccc1OCCC(C)C. The molecule has 2 heterocycles. The lowest BCUT2D eigenvalue weighted by molar-refractivity contribution is -0.113. The van der Waals surface area contributed by atoms with Crippen molar-refractivity contribution in [3.63, 3.8) is 0 Å². The third-order valence-electron chi connectivity index (χ3n) is 5.53. The number of anilines is 2. The lowest BCUT2D eigenvalue weighted by Crippen LogP contribution is -2.31. The predicted molar refractivity (Wildman–Crippen MR) is 127 cm³/mol. The topological polar surface area (TPSA) is 90.3 Å². The summed E-state index contributed by atoms with van der Waals surface area (Å²) in [6.07, 6.45) is 2.43. The predicted octanol–water partition coefficient (Wildman–Crippen LogP) is 4.64. The van der Waals surface area contributed by atoms with Gasteiger partial charge >= 0.3 is 0 Å². The number of carbonyl (C=O) groups excluding carboxylic acids is 1. The number of nitrogens with one attached hydrogen (secondary N) is 2. The molecule has 4 rings (SSSR count). The first kappa shape index (κ1) is 22.4. The van der Waals surface area contributed by atoms with Crippen LogP contribution < -0.4 is 20.1 Å². The molecule has 172 valence electrons. The average Bonchev–Trinajstić information content (AvgIpc) is 3.26. The number of hydrogen-bond donors (Lipinski definition) is 2. The van der Waals surface area contributed by atoms with E-state index in [2.05, 4.69) is 34.6 Å². The van der Waals surface area contributed by atoms with E-state index in [-0.39, 0.29) is 5.91 Å². The number of benzene rings is 2. The second kappa shape index (κ2) is 9.77. The molecule has 1 aliphatic rings. The van der Waals surface area contributed by atoms with Crippen LogP contribution in [-0.4, -0.2) is 34.4 Å². The van der Waals surface area contributed by atoms with Crippen LogP contribution in [-0.2, 0) is 4.79 Å². The van der Waals surface area contributed by atoms with Crippen LogP contribution in [0.3, 0.4) is 0 Å². The molecule has 1 amide bonds. The van der Waals surface area contributed by atoms with Gasteiger partial charge in [0.2, 0.25) is 5.95 Å². The molecule has 8 heteroatoms. The fourth-order valence-electron chi connectivity index (χ4n) is 3.79. The van der Waals surface area contributed by atoms with Crippen LogP contribution in [0.5, 0.6) is 11.5 Å². The van der Waals surface area contributed by atoms with Gasteiger partial charge in [-0.25, -0.2) is 4.68 Å². The van der Waals surface area contributed by atoms with E-state index in [0.717, 1.165) is 17.7 Å². The number of hydrogen-bond acceptors (Lipinski definition) is 6. The zero-order chi connectivity index (χ0) is 23.4. The normalized spacial score (nSPS) is 15.1. The molecule has 1 atom stereocenters. The van der Waals surface area contributed by atoms with E-state index in [0.29, 0.717) is 41.2 Å².